The van der Waals surface area contributed by atoms with Crippen LogP contribution in [0.1, 0.15) is 24.2 Å². The van der Waals surface area contributed by atoms with Crippen molar-refractivity contribution in [2.75, 3.05) is 0 Å². The van der Waals surface area contributed by atoms with Crippen LogP contribution in [0.25, 0.3) is 11.3 Å². The molecule has 4 heteroatoms. The summed E-state index contributed by atoms with van der Waals surface area (Å²) in [5, 5.41) is 10.7. The number of aromatic nitrogens is 3. The van der Waals surface area contributed by atoms with Gasteiger partial charge in [-0.15, -0.1) is 0 Å². The lowest BCUT2D eigenvalue weighted by molar-refractivity contribution is 0.562. The maximum Gasteiger partial charge on any atom is 0.0695 e. The largest absolute Gasteiger partial charge is 0.305 e. The first kappa shape index (κ1) is 13.5. The van der Waals surface area contributed by atoms with Crippen LogP contribution in [0.2, 0.25) is 0 Å². The van der Waals surface area contributed by atoms with E-state index in [2.05, 4.69) is 39.6 Å². The van der Waals surface area contributed by atoms with Crippen LogP contribution in [0.4, 0.5) is 0 Å². The number of nitrogens with zero attached hydrogens (tertiary/aromatic N) is 2. The van der Waals surface area contributed by atoms with Gasteiger partial charge in [0.25, 0.3) is 0 Å². The Morgan fingerprint density at radius 2 is 1.90 bits per heavy atom. The highest BCUT2D eigenvalue weighted by Crippen LogP contribution is 2.21. The fourth-order valence-electron chi connectivity index (χ4n) is 2.30. The molecule has 4 nitrogen and oxygen atoms in total. The first-order chi connectivity index (χ1) is 10.3. The van der Waals surface area contributed by atoms with Crippen molar-refractivity contribution < 1.29 is 0 Å². The Balaban J connectivity index is 1.71. The number of H-pyrrole nitrogens is 1. The van der Waals surface area contributed by atoms with E-state index < -0.39 is 0 Å². The first-order valence-corrected chi connectivity index (χ1v) is 7.06. The smallest absolute Gasteiger partial charge is 0.0695 e. The molecule has 0 radical (unpaired) electrons. The van der Waals surface area contributed by atoms with Crippen molar-refractivity contribution in [3.63, 3.8) is 0 Å². The Bertz CT molecular complexity index is 676. The first-order valence-electron chi connectivity index (χ1n) is 7.06. The third-order valence-electron chi connectivity index (χ3n) is 3.51. The van der Waals surface area contributed by atoms with Gasteiger partial charge in [-0.1, -0.05) is 36.4 Å². The van der Waals surface area contributed by atoms with Crippen molar-refractivity contribution in [2.45, 2.75) is 19.5 Å². The van der Waals surface area contributed by atoms with Crippen molar-refractivity contribution in [2.24, 2.45) is 0 Å². The van der Waals surface area contributed by atoms with Gasteiger partial charge < -0.3 is 5.32 Å². The van der Waals surface area contributed by atoms with Gasteiger partial charge in [0.1, 0.15) is 0 Å². The minimum absolute atomic E-state index is 0.199. The maximum absolute atomic E-state index is 4.37. The molecule has 2 heterocycles. The van der Waals surface area contributed by atoms with Gasteiger partial charge >= 0.3 is 0 Å². The van der Waals surface area contributed by atoms with Crippen molar-refractivity contribution in [3.05, 3.63) is 72.2 Å². The second kappa shape index (κ2) is 6.33. The molecule has 0 saturated carbocycles. The molecule has 2 N–H and O–H groups in total. The standard InChI is InChI=1S/C17H18N4/c1-13(16-9-5-6-10-18-16)19-11-15-12-20-21-17(15)14-7-3-2-4-8-14/h2-10,12-13,19H,11H2,1H3,(H,20,21)/t13-/m1/s1. The van der Waals surface area contributed by atoms with Crippen LogP contribution in [-0.2, 0) is 6.54 Å². The molecule has 106 valence electrons. The molecule has 0 aliphatic heterocycles. The minimum Gasteiger partial charge on any atom is -0.305 e. The molecule has 3 aromatic rings. The Morgan fingerprint density at radius 1 is 1.10 bits per heavy atom. The number of nitrogens with one attached hydrogen (secondary N) is 2. The van der Waals surface area contributed by atoms with Gasteiger partial charge in [-0.2, -0.15) is 5.10 Å². The van der Waals surface area contributed by atoms with E-state index in [1.54, 1.807) is 0 Å². The molecule has 3 rings (SSSR count). The van der Waals surface area contributed by atoms with Crippen molar-refractivity contribution >= 4 is 0 Å². The van der Waals surface area contributed by atoms with Crippen molar-refractivity contribution in [1.82, 2.24) is 20.5 Å². The molecule has 1 aromatic carbocycles. The summed E-state index contributed by atoms with van der Waals surface area (Å²) < 4.78 is 0. The fourth-order valence-corrected chi connectivity index (χ4v) is 2.30. The minimum atomic E-state index is 0.199. The van der Waals surface area contributed by atoms with Crippen LogP contribution < -0.4 is 5.32 Å². The number of pyridine rings is 1. The lowest BCUT2D eigenvalue weighted by Gasteiger charge is -2.13. The van der Waals surface area contributed by atoms with Gasteiger partial charge in [0.05, 0.1) is 17.6 Å². The zero-order valence-electron chi connectivity index (χ0n) is 12.0. The molecule has 2 aromatic heterocycles. The molecule has 0 bridgehead atoms. The Kier molecular flexibility index (Phi) is 4.07. The zero-order valence-corrected chi connectivity index (χ0v) is 12.0. The fraction of sp³-hybridized carbons (Fsp3) is 0.176. The molecular formula is C17H18N4. The van der Waals surface area contributed by atoms with E-state index >= 15 is 0 Å². The Labute approximate surface area is 124 Å². The topological polar surface area (TPSA) is 53.6 Å². The molecule has 0 spiro atoms. The number of hydrogen-bond donors (Lipinski definition) is 2. The third kappa shape index (κ3) is 3.17. The highest BCUT2D eigenvalue weighted by molar-refractivity contribution is 5.62. The van der Waals surface area contributed by atoms with E-state index in [4.69, 9.17) is 0 Å². The van der Waals surface area contributed by atoms with Crippen LogP contribution in [-0.4, -0.2) is 15.2 Å². The zero-order chi connectivity index (χ0) is 14.5. The van der Waals surface area contributed by atoms with Gasteiger partial charge in [0.2, 0.25) is 0 Å². The third-order valence-corrected chi connectivity index (χ3v) is 3.51. The van der Waals surface area contributed by atoms with E-state index in [0.717, 1.165) is 29.1 Å². The highest BCUT2D eigenvalue weighted by Gasteiger charge is 2.10. The Morgan fingerprint density at radius 3 is 2.67 bits per heavy atom. The summed E-state index contributed by atoms with van der Waals surface area (Å²) in [6.07, 6.45) is 3.70. The second-order valence-electron chi connectivity index (χ2n) is 4.99. The van der Waals surface area contributed by atoms with Gasteiger partial charge in [-0.25, -0.2) is 0 Å². The second-order valence-corrected chi connectivity index (χ2v) is 4.99. The quantitative estimate of drug-likeness (QED) is 0.752. The lowest BCUT2D eigenvalue weighted by atomic mass is 10.1. The molecule has 0 unspecified atom stereocenters. The molecule has 21 heavy (non-hydrogen) atoms. The van der Waals surface area contributed by atoms with Crippen LogP contribution in [0.3, 0.4) is 0 Å². The van der Waals surface area contributed by atoms with E-state index in [9.17, 15) is 0 Å². The molecule has 0 saturated heterocycles. The molecule has 0 fully saturated rings. The summed E-state index contributed by atoms with van der Waals surface area (Å²) in [5.41, 5.74) is 4.42. The summed E-state index contributed by atoms with van der Waals surface area (Å²) >= 11 is 0. The number of hydrogen-bond acceptors (Lipinski definition) is 3. The normalized spacial score (nSPS) is 12.2. The SMILES string of the molecule is C[C@@H](NCc1cn[nH]c1-c1ccccc1)c1ccccn1. The van der Waals surface area contributed by atoms with Gasteiger partial charge in [-0.3, -0.25) is 10.1 Å². The van der Waals surface area contributed by atoms with E-state index in [-0.39, 0.29) is 6.04 Å². The number of benzene rings is 1. The number of rotatable bonds is 5. The van der Waals surface area contributed by atoms with Crippen molar-refractivity contribution in [1.29, 1.82) is 0 Å². The molecule has 0 aliphatic rings. The Hall–Kier alpha value is -2.46. The average molecular weight is 278 g/mol. The summed E-state index contributed by atoms with van der Waals surface area (Å²) in [6, 6.07) is 16.4. The van der Waals surface area contributed by atoms with Crippen LogP contribution in [0, 0.1) is 0 Å². The molecule has 0 aliphatic carbocycles. The van der Waals surface area contributed by atoms with E-state index in [0.29, 0.717) is 0 Å². The average Bonchev–Trinajstić information content (AvgIpc) is 3.03. The van der Waals surface area contributed by atoms with Crippen LogP contribution in [0.5, 0.6) is 0 Å². The van der Waals surface area contributed by atoms with Crippen molar-refractivity contribution in [3.8, 4) is 11.3 Å². The summed E-state index contributed by atoms with van der Waals surface area (Å²) in [7, 11) is 0. The number of aromatic amines is 1. The van der Waals surface area contributed by atoms with E-state index in [1.165, 1.54) is 0 Å². The lowest BCUT2D eigenvalue weighted by Crippen LogP contribution is -2.19. The van der Waals surface area contributed by atoms with Crippen LogP contribution >= 0.6 is 0 Å². The summed E-state index contributed by atoms with van der Waals surface area (Å²) in [6.45, 7) is 2.86. The summed E-state index contributed by atoms with van der Waals surface area (Å²) in [4.78, 5) is 4.37. The van der Waals surface area contributed by atoms with Gasteiger partial charge in [0.15, 0.2) is 0 Å². The molecule has 0 amide bonds. The van der Waals surface area contributed by atoms with Gasteiger partial charge in [0, 0.05) is 24.3 Å². The molecule has 1 atom stereocenters. The van der Waals surface area contributed by atoms with E-state index in [1.807, 2.05) is 48.8 Å². The monoisotopic (exact) mass is 278 g/mol. The predicted octanol–water partition coefficient (Wildman–Crippen LogP) is 3.32. The summed E-state index contributed by atoms with van der Waals surface area (Å²) in [5.74, 6) is 0. The molecular weight excluding hydrogens is 260 g/mol. The van der Waals surface area contributed by atoms with Gasteiger partial charge in [-0.05, 0) is 24.6 Å². The highest BCUT2D eigenvalue weighted by atomic mass is 15.1. The maximum atomic E-state index is 4.37. The predicted molar refractivity (Wildman–Crippen MR) is 83.5 cm³/mol. The van der Waals surface area contributed by atoms with Crippen LogP contribution in [0.15, 0.2) is 60.9 Å².